The number of hydrogen-bond donors (Lipinski definition) is 1. The molecule has 3 aromatic rings. The van der Waals surface area contributed by atoms with E-state index < -0.39 is 52.6 Å². The molecule has 5 rings (SSSR count). The van der Waals surface area contributed by atoms with Crippen molar-refractivity contribution in [3.8, 4) is 0 Å². The summed E-state index contributed by atoms with van der Waals surface area (Å²) in [5.74, 6) is -5.20. The van der Waals surface area contributed by atoms with E-state index in [-0.39, 0.29) is 11.1 Å². The Bertz CT molecular complexity index is 1420. The number of H-pyrrole nitrogens is 1. The van der Waals surface area contributed by atoms with Crippen LogP contribution in [0.25, 0.3) is 0 Å². The summed E-state index contributed by atoms with van der Waals surface area (Å²) in [4.78, 5) is 51.1. The maximum Gasteiger partial charge on any atom is 0.339 e. The predicted octanol–water partition coefficient (Wildman–Crippen LogP) is 2.29. The zero-order chi connectivity index (χ0) is 25.0. The van der Waals surface area contributed by atoms with E-state index in [9.17, 15) is 19.2 Å². The maximum atomic E-state index is 16.5. The van der Waals surface area contributed by atoms with Crippen LogP contribution in [0.3, 0.4) is 0 Å². The molecule has 2 aromatic carbocycles. The molecule has 1 aliphatic heterocycles. The summed E-state index contributed by atoms with van der Waals surface area (Å²) in [6.45, 7) is 0.866. The quantitative estimate of drug-likeness (QED) is 0.553. The normalized spacial score (nSPS) is 30.8. The maximum absolute atomic E-state index is 16.5. The lowest BCUT2D eigenvalue weighted by Crippen LogP contribution is -2.50. The van der Waals surface area contributed by atoms with Gasteiger partial charge in [0.2, 0.25) is 11.8 Å². The molecule has 35 heavy (non-hydrogen) atoms. The van der Waals surface area contributed by atoms with Gasteiger partial charge in [-0.15, -0.1) is 0 Å². The van der Waals surface area contributed by atoms with Crippen LogP contribution in [0.5, 0.6) is 0 Å². The van der Waals surface area contributed by atoms with Gasteiger partial charge in [0.15, 0.2) is 6.23 Å². The minimum atomic E-state index is -3.12. The van der Waals surface area contributed by atoms with Gasteiger partial charge in [0.25, 0.3) is 17.0 Å². The van der Waals surface area contributed by atoms with Crippen molar-refractivity contribution in [2.45, 2.75) is 36.4 Å². The van der Waals surface area contributed by atoms with Crippen molar-refractivity contribution in [2.24, 2.45) is 0 Å². The first-order chi connectivity index (χ1) is 16.6. The molecule has 1 aromatic heterocycles. The second-order valence-electron chi connectivity index (χ2n) is 8.35. The zero-order valence-electron chi connectivity index (χ0n) is 18.1. The van der Waals surface area contributed by atoms with Crippen molar-refractivity contribution in [2.75, 3.05) is 0 Å². The first kappa shape index (κ1) is 22.7. The third kappa shape index (κ3) is 3.22. The van der Waals surface area contributed by atoms with Crippen LogP contribution in [0.1, 0.15) is 33.9 Å². The van der Waals surface area contributed by atoms with Crippen LogP contribution >= 0.6 is 0 Å². The minimum Gasteiger partial charge on any atom is -0.448 e. The highest BCUT2D eigenvalue weighted by atomic mass is 19.2. The molecule has 2 aliphatic rings. The number of benzene rings is 2. The van der Waals surface area contributed by atoms with Crippen molar-refractivity contribution < 1.29 is 32.6 Å². The van der Waals surface area contributed by atoms with Gasteiger partial charge >= 0.3 is 17.6 Å². The number of nitrogens with one attached hydrogen (secondary N) is 1. The molecular formula is C24H18F2N2O7. The second-order valence-corrected chi connectivity index (χ2v) is 8.35. The monoisotopic (exact) mass is 484 g/mol. The lowest BCUT2D eigenvalue weighted by Gasteiger charge is -2.31. The van der Waals surface area contributed by atoms with Gasteiger partial charge in [0, 0.05) is 12.3 Å². The minimum absolute atomic E-state index is 0.00952. The average molecular weight is 484 g/mol. The molecule has 0 spiro atoms. The molecular weight excluding hydrogens is 466 g/mol. The summed E-state index contributed by atoms with van der Waals surface area (Å²) in [5, 5.41) is 0. The highest BCUT2D eigenvalue weighted by molar-refractivity contribution is 5.91. The van der Waals surface area contributed by atoms with Gasteiger partial charge in [-0.3, -0.25) is 14.3 Å². The van der Waals surface area contributed by atoms with E-state index in [0.29, 0.717) is 4.57 Å². The third-order valence-electron chi connectivity index (χ3n) is 6.20. The fraction of sp³-hybridized carbons (Fsp3) is 0.250. The van der Waals surface area contributed by atoms with Crippen molar-refractivity contribution in [1.29, 1.82) is 0 Å². The van der Waals surface area contributed by atoms with E-state index in [1.807, 2.05) is 4.98 Å². The Balaban J connectivity index is 1.55. The summed E-state index contributed by atoms with van der Waals surface area (Å²) in [6.07, 6.45) is -3.00. The van der Waals surface area contributed by atoms with E-state index in [2.05, 4.69) is 0 Å². The SMILES string of the molecule is C[C@]1(F)[C@H](n2ccc(=O)[nH]c2=O)OC2(F)C(OC(=O)c3ccccc3)[C@@]21OC(=O)c1ccccc1. The highest BCUT2D eigenvalue weighted by Gasteiger charge is 3.00. The van der Waals surface area contributed by atoms with Crippen LogP contribution in [0.15, 0.2) is 82.5 Å². The molecule has 2 heterocycles. The van der Waals surface area contributed by atoms with Crippen LogP contribution in [0.4, 0.5) is 8.78 Å². The number of aromatic nitrogens is 2. The van der Waals surface area contributed by atoms with Gasteiger partial charge in [-0.25, -0.2) is 23.2 Å². The smallest absolute Gasteiger partial charge is 0.339 e. The van der Waals surface area contributed by atoms with Crippen LogP contribution in [0, 0.1) is 0 Å². The molecule has 1 N–H and O–H groups in total. The van der Waals surface area contributed by atoms with Crippen molar-refractivity contribution >= 4 is 11.9 Å². The molecule has 0 bridgehead atoms. The Morgan fingerprint density at radius 2 is 1.51 bits per heavy atom. The summed E-state index contributed by atoms with van der Waals surface area (Å²) in [6, 6.07) is 15.9. The summed E-state index contributed by atoms with van der Waals surface area (Å²) in [5.41, 5.74) is -7.44. The Labute approximate surface area is 195 Å². The molecule has 1 saturated carbocycles. The molecule has 2 fully saturated rings. The highest BCUT2D eigenvalue weighted by Crippen LogP contribution is 2.72. The fourth-order valence-electron chi connectivity index (χ4n) is 4.40. The van der Waals surface area contributed by atoms with Gasteiger partial charge in [-0.2, -0.15) is 0 Å². The number of ether oxygens (including phenoxy) is 3. The first-order valence-corrected chi connectivity index (χ1v) is 10.5. The van der Waals surface area contributed by atoms with Crippen molar-refractivity contribution in [3.63, 3.8) is 0 Å². The largest absolute Gasteiger partial charge is 0.448 e. The average Bonchev–Trinajstić information content (AvgIpc) is 3.28. The fourth-order valence-corrected chi connectivity index (χ4v) is 4.40. The van der Waals surface area contributed by atoms with Crippen LogP contribution in [0.2, 0.25) is 0 Å². The molecule has 5 atom stereocenters. The number of nitrogens with zero attached hydrogens (tertiary/aromatic N) is 1. The Kier molecular flexibility index (Phi) is 4.99. The number of hydrogen-bond acceptors (Lipinski definition) is 7. The number of esters is 2. The molecule has 0 radical (unpaired) electrons. The Morgan fingerprint density at radius 1 is 0.943 bits per heavy atom. The topological polar surface area (TPSA) is 117 Å². The lowest BCUT2D eigenvalue weighted by molar-refractivity contribution is -0.163. The van der Waals surface area contributed by atoms with Gasteiger partial charge < -0.3 is 14.2 Å². The van der Waals surface area contributed by atoms with Gasteiger partial charge in [0.05, 0.1) is 11.1 Å². The zero-order valence-corrected chi connectivity index (χ0v) is 18.1. The molecule has 1 saturated heterocycles. The van der Waals surface area contributed by atoms with E-state index in [0.717, 1.165) is 19.2 Å². The standard InChI is InChI=1S/C24H18F2N2O7/c1-22(25)20(28-13-12-16(29)27-21(28)32)35-24(26)19(33-17(30)14-8-4-2-5-9-14)23(22,24)34-18(31)15-10-6-3-7-11-15/h2-13,19-20H,1H3,(H,27,29,32)/t19?,20-,22+,23+,24?/m1/s1. The van der Waals surface area contributed by atoms with Crippen LogP contribution in [-0.2, 0) is 14.2 Å². The second kappa shape index (κ2) is 7.70. The number of rotatable bonds is 5. The number of carbonyl (C=O) groups is 2. The number of fused-ring (bicyclic) bond motifs is 1. The number of halogens is 2. The summed E-state index contributed by atoms with van der Waals surface area (Å²) >= 11 is 0. The van der Waals surface area contributed by atoms with E-state index >= 15 is 8.78 Å². The number of carbonyl (C=O) groups excluding carboxylic acids is 2. The molecule has 1 aliphatic carbocycles. The number of alkyl halides is 2. The van der Waals surface area contributed by atoms with Crippen LogP contribution < -0.4 is 11.2 Å². The summed E-state index contributed by atoms with van der Waals surface area (Å²) in [7, 11) is 0. The Morgan fingerprint density at radius 3 is 2.09 bits per heavy atom. The Hall–Kier alpha value is -4.12. The van der Waals surface area contributed by atoms with E-state index in [1.54, 1.807) is 24.3 Å². The summed E-state index contributed by atoms with van der Waals surface area (Å²) < 4.78 is 49.2. The first-order valence-electron chi connectivity index (χ1n) is 10.5. The molecule has 11 heteroatoms. The predicted molar refractivity (Wildman–Crippen MR) is 115 cm³/mol. The molecule has 2 unspecified atom stereocenters. The van der Waals surface area contributed by atoms with Crippen molar-refractivity contribution in [3.05, 3.63) is 105 Å². The van der Waals surface area contributed by atoms with E-state index in [1.165, 1.54) is 36.4 Å². The van der Waals surface area contributed by atoms with Gasteiger partial charge in [0.1, 0.15) is 0 Å². The van der Waals surface area contributed by atoms with Crippen molar-refractivity contribution in [1.82, 2.24) is 9.55 Å². The molecule has 9 nitrogen and oxygen atoms in total. The third-order valence-corrected chi connectivity index (χ3v) is 6.20. The van der Waals surface area contributed by atoms with Crippen LogP contribution in [-0.4, -0.2) is 44.7 Å². The van der Waals surface area contributed by atoms with Gasteiger partial charge in [-0.05, 0) is 31.2 Å². The lowest BCUT2D eigenvalue weighted by atomic mass is 9.96. The number of aromatic amines is 1. The molecule has 0 amide bonds. The molecule has 180 valence electrons. The van der Waals surface area contributed by atoms with E-state index in [4.69, 9.17) is 14.2 Å². The van der Waals surface area contributed by atoms with Gasteiger partial charge in [-0.1, -0.05) is 36.4 Å².